The standard InChI is InChI=1S/C17H23N5O/c1-11-9-22(10-12(2)18-11)17-20-13(3)19-16(21-17)14-7-5-6-8-15(14)23-4/h5-8,11-12,18H,9-10H2,1-4H3. The molecule has 0 aliphatic carbocycles. The van der Waals surface area contributed by atoms with Crippen molar-refractivity contribution >= 4 is 5.95 Å². The molecule has 2 unspecified atom stereocenters. The molecule has 1 saturated heterocycles. The van der Waals surface area contributed by atoms with Gasteiger partial charge in [0.1, 0.15) is 11.6 Å². The van der Waals surface area contributed by atoms with Gasteiger partial charge in [-0.25, -0.2) is 4.98 Å². The van der Waals surface area contributed by atoms with Gasteiger partial charge in [0.05, 0.1) is 12.7 Å². The Bertz CT molecular complexity index is 680. The molecular formula is C17H23N5O. The Labute approximate surface area is 136 Å². The molecule has 23 heavy (non-hydrogen) atoms. The number of ether oxygens (including phenoxy) is 1. The summed E-state index contributed by atoms with van der Waals surface area (Å²) in [5, 5.41) is 3.53. The van der Waals surface area contributed by atoms with E-state index in [-0.39, 0.29) is 0 Å². The fourth-order valence-electron chi connectivity index (χ4n) is 3.05. The zero-order valence-corrected chi connectivity index (χ0v) is 14.1. The van der Waals surface area contributed by atoms with E-state index in [1.165, 1.54) is 0 Å². The van der Waals surface area contributed by atoms with E-state index in [0.29, 0.717) is 17.9 Å². The van der Waals surface area contributed by atoms with Crippen molar-refractivity contribution in [2.75, 3.05) is 25.1 Å². The maximum Gasteiger partial charge on any atom is 0.229 e. The minimum absolute atomic E-state index is 0.408. The molecule has 1 aromatic carbocycles. The van der Waals surface area contributed by atoms with Crippen molar-refractivity contribution in [1.82, 2.24) is 20.3 Å². The SMILES string of the molecule is COc1ccccc1-c1nc(C)nc(N2CC(C)NC(C)C2)n1. The van der Waals surface area contributed by atoms with Gasteiger partial charge in [-0.05, 0) is 32.9 Å². The fraction of sp³-hybridized carbons (Fsp3) is 0.471. The molecule has 2 aromatic rings. The number of anilines is 1. The number of hydrogen-bond donors (Lipinski definition) is 1. The first kappa shape index (κ1) is 15.7. The van der Waals surface area contributed by atoms with Crippen LogP contribution in [-0.2, 0) is 0 Å². The quantitative estimate of drug-likeness (QED) is 0.935. The smallest absolute Gasteiger partial charge is 0.229 e. The van der Waals surface area contributed by atoms with E-state index in [0.717, 1.165) is 36.2 Å². The molecule has 0 amide bonds. The van der Waals surface area contributed by atoms with E-state index in [1.807, 2.05) is 31.2 Å². The lowest BCUT2D eigenvalue weighted by Gasteiger charge is -2.36. The maximum absolute atomic E-state index is 5.44. The molecule has 2 atom stereocenters. The normalized spacial score (nSPS) is 21.3. The number of rotatable bonds is 3. The molecule has 2 heterocycles. The van der Waals surface area contributed by atoms with Crippen LogP contribution in [0.4, 0.5) is 5.95 Å². The molecule has 122 valence electrons. The van der Waals surface area contributed by atoms with Crippen molar-refractivity contribution in [2.45, 2.75) is 32.9 Å². The molecule has 1 fully saturated rings. The summed E-state index contributed by atoms with van der Waals surface area (Å²) in [4.78, 5) is 16.0. The lowest BCUT2D eigenvalue weighted by Crippen LogP contribution is -2.54. The summed E-state index contributed by atoms with van der Waals surface area (Å²) in [5.41, 5.74) is 0.887. The molecule has 3 rings (SSSR count). The van der Waals surface area contributed by atoms with Gasteiger partial charge < -0.3 is 15.0 Å². The van der Waals surface area contributed by atoms with E-state index >= 15 is 0 Å². The number of methoxy groups -OCH3 is 1. The van der Waals surface area contributed by atoms with Gasteiger partial charge in [-0.1, -0.05) is 12.1 Å². The number of hydrogen-bond acceptors (Lipinski definition) is 6. The Morgan fingerprint density at radius 3 is 2.48 bits per heavy atom. The van der Waals surface area contributed by atoms with Crippen LogP contribution in [0.25, 0.3) is 11.4 Å². The van der Waals surface area contributed by atoms with E-state index in [2.05, 4.69) is 34.0 Å². The third-order valence-corrected chi connectivity index (χ3v) is 3.92. The predicted molar refractivity (Wildman–Crippen MR) is 90.8 cm³/mol. The third-order valence-electron chi connectivity index (χ3n) is 3.92. The van der Waals surface area contributed by atoms with E-state index in [9.17, 15) is 0 Å². The Balaban J connectivity index is 1.99. The zero-order valence-electron chi connectivity index (χ0n) is 14.1. The van der Waals surface area contributed by atoms with E-state index in [1.54, 1.807) is 7.11 Å². The summed E-state index contributed by atoms with van der Waals surface area (Å²) in [6, 6.07) is 8.61. The average Bonchev–Trinajstić information content (AvgIpc) is 2.53. The van der Waals surface area contributed by atoms with Crippen LogP contribution in [0, 0.1) is 6.92 Å². The molecular weight excluding hydrogens is 290 g/mol. The Morgan fingerprint density at radius 2 is 1.78 bits per heavy atom. The summed E-state index contributed by atoms with van der Waals surface area (Å²) >= 11 is 0. The Hall–Kier alpha value is -2.21. The topological polar surface area (TPSA) is 63.2 Å². The molecule has 1 aliphatic rings. The highest BCUT2D eigenvalue weighted by molar-refractivity contribution is 5.64. The van der Waals surface area contributed by atoms with Gasteiger partial charge in [0, 0.05) is 25.2 Å². The van der Waals surface area contributed by atoms with Crippen molar-refractivity contribution in [2.24, 2.45) is 0 Å². The van der Waals surface area contributed by atoms with E-state index < -0.39 is 0 Å². The lowest BCUT2D eigenvalue weighted by atomic mass is 10.1. The highest BCUT2D eigenvalue weighted by Crippen LogP contribution is 2.28. The minimum atomic E-state index is 0.408. The van der Waals surface area contributed by atoms with Crippen molar-refractivity contribution in [3.63, 3.8) is 0 Å². The molecule has 0 spiro atoms. The van der Waals surface area contributed by atoms with Crippen LogP contribution in [-0.4, -0.2) is 47.2 Å². The molecule has 0 saturated carbocycles. The van der Waals surface area contributed by atoms with Crippen molar-refractivity contribution in [3.05, 3.63) is 30.1 Å². The van der Waals surface area contributed by atoms with Crippen LogP contribution in [0.2, 0.25) is 0 Å². The summed E-state index contributed by atoms with van der Waals surface area (Å²) < 4.78 is 5.44. The van der Waals surface area contributed by atoms with Gasteiger partial charge in [0.2, 0.25) is 5.95 Å². The van der Waals surface area contributed by atoms with Crippen LogP contribution in [0.5, 0.6) is 5.75 Å². The highest BCUT2D eigenvalue weighted by Gasteiger charge is 2.24. The zero-order chi connectivity index (χ0) is 16.4. The highest BCUT2D eigenvalue weighted by atomic mass is 16.5. The second-order valence-corrected chi connectivity index (χ2v) is 6.08. The van der Waals surface area contributed by atoms with Crippen LogP contribution < -0.4 is 15.0 Å². The van der Waals surface area contributed by atoms with Gasteiger partial charge >= 0.3 is 0 Å². The molecule has 0 bridgehead atoms. The summed E-state index contributed by atoms with van der Waals surface area (Å²) in [6.45, 7) is 8.03. The van der Waals surface area contributed by atoms with Crippen molar-refractivity contribution in [3.8, 4) is 17.1 Å². The molecule has 6 heteroatoms. The van der Waals surface area contributed by atoms with Gasteiger partial charge in [-0.3, -0.25) is 0 Å². The Kier molecular flexibility index (Phi) is 4.43. The van der Waals surface area contributed by atoms with Crippen LogP contribution >= 0.6 is 0 Å². The maximum atomic E-state index is 5.44. The first-order valence-electron chi connectivity index (χ1n) is 7.94. The molecule has 1 N–H and O–H groups in total. The second kappa shape index (κ2) is 6.50. The summed E-state index contributed by atoms with van der Waals surface area (Å²) in [6.07, 6.45) is 0. The number of piperazine rings is 1. The van der Waals surface area contributed by atoms with Gasteiger partial charge in [-0.2, -0.15) is 9.97 Å². The third kappa shape index (κ3) is 3.42. The van der Waals surface area contributed by atoms with Gasteiger partial charge in [-0.15, -0.1) is 0 Å². The van der Waals surface area contributed by atoms with Gasteiger partial charge in [0.15, 0.2) is 5.82 Å². The van der Waals surface area contributed by atoms with E-state index in [4.69, 9.17) is 9.72 Å². The number of aryl methyl sites for hydroxylation is 1. The molecule has 0 radical (unpaired) electrons. The van der Waals surface area contributed by atoms with Crippen LogP contribution in [0.15, 0.2) is 24.3 Å². The first-order chi connectivity index (χ1) is 11.1. The summed E-state index contributed by atoms with van der Waals surface area (Å²) in [7, 11) is 1.66. The predicted octanol–water partition coefficient (Wildman–Crippen LogP) is 2.04. The number of benzene rings is 1. The fourth-order valence-corrected chi connectivity index (χ4v) is 3.05. The monoisotopic (exact) mass is 313 g/mol. The lowest BCUT2D eigenvalue weighted by molar-refractivity contribution is 0.402. The molecule has 6 nitrogen and oxygen atoms in total. The van der Waals surface area contributed by atoms with Crippen LogP contribution in [0.1, 0.15) is 19.7 Å². The molecule has 1 aromatic heterocycles. The largest absolute Gasteiger partial charge is 0.496 e. The number of nitrogens with zero attached hydrogens (tertiary/aromatic N) is 4. The summed E-state index contributed by atoms with van der Waals surface area (Å²) in [5.74, 6) is 2.88. The van der Waals surface area contributed by atoms with Gasteiger partial charge in [0.25, 0.3) is 0 Å². The average molecular weight is 313 g/mol. The minimum Gasteiger partial charge on any atom is -0.496 e. The number of aromatic nitrogens is 3. The number of nitrogens with one attached hydrogen (secondary N) is 1. The Morgan fingerprint density at radius 1 is 1.09 bits per heavy atom. The number of para-hydroxylation sites is 1. The van der Waals surface area contributed by atoms with Crippen LogP contribution in [0.3, 0.4) is 0 Å². The van der Waals surface area contributed by atoms with Crippen molar-refractivity contribution in [1.29, 1.82) is 0 Å². The second-order valence-electron chi connectivity index (χ2n) is 6.08. The van der Waals surface area contributed by atoms with Crippen molar-refractivity contribution < 1.29 is 4.74 Å². The molecule has 1 aliphatic heterocycles. The first-order valence-corrected chi connectivity index (χ1v) is 7.94.